The van der Waals surface area contributed by atoms with E-state index in [1.165, 1.54) is 11.0 Å². The zero-order valence-electron chi connectivity index (χ0n) is 17.4. The Morgan fingerprint density at radius 2 is 1.88 bits per heavy atom. The van der Waals surface area contributed by atoms with Gasteiger partial charge in [-0.1, -0.05) is 12.3 Å². The second-order valence-electron chi connectivity index (χ2n) is 8.07. The SMILES string of the molecule is C#C[C@H]1CC[C@@H](C#N)N1C(=O)CNC1(Oc2cc(C#N)cc(C(F)(F)F)c2)CCCCC1. The summed E-state index contributed by atoms with van der Waals surface area (Å²) in [6.07, 6.45) is 5.37. The Kier molecular flexibility index (Phi) is 6.96. The van der Waals surface area contributed by atoms with Crippen molar-refractivity contribution in [2.24, 2.45) is 0 Å². The number of hydrogen-bond acceptors (Lipinski definition) is 5. The van der Waals surface area contributed by atoms with E-state index in [9.17, 15) is 23.2 Å². The first kappa shape index (κ1) is 23.4. The summed E-state index contributed by atoms with van der Waals surface area (Å²) in [5.74, 6) is 2.10. The van der Waals surface area contributed by atoms with Gasteiger partial charge < -0.3 is 9.64 Å². The van der Waals surface area contributed by atoms with Crippen LogP contribution in [-0.2, 0) is 11.0 Å². The molecule has 1 heterocycles. The number of nitrogens with zero attached hydrogens (tertiary/aromatic N) is 3. The molecule has 2 aliphatic rings. The van der Waals surface area contributed by atoms with Crippen LogP contribution in [-0.4, -0.2) is 35.2 Å². The second kappa shape index (κ2) is 9.51. The molecule has 9 heteroatoms. The number of halogens is 3. The molecule has 1 saturated heterocycles. The molecule has 1 amide bonds. The average molecular weight is 444 g/mol. The molecule has 0 radical (unpaired) electrons. The fourth-order valence-electron chi connectivity index (χ4n) is 4.33. The lowest BCUT2D eigenvalue weighted by Crippen LogP contribution is -2.56. The molecule has 3 rings (SSSR count). The maximum atomic E-state index is 13.3. The molecule has 0 unspecified atom stereocenters. The van der Waals surface area contributed by atoms with Crippen molar-refractivity contribution in [3.8, 4) is 30.2 Å². The van der Waals surface area contributed by atoms with Gasteiger partial charge in [-0.25, -0.2) is 0 Å². The molecular formula is C23H23F3N4O2. The van der Waals surface area contributed by atoms with Crippen molar-refractivity contribution in [2.75, 3.05) is 6.54 Å². The third-order valence-corrected chi connectivity index (χ3v) is 5.91. The summed E-state index contributed by atoms with van der Waals surface area (Å²) in [7, 11) is 0. The number of rotatable bonds is 5. The van der Waals surface area contributed by atoms with Crippen LogP contribution in [0.4, 0.5) is 13.2 Å². The fourth-order valence-corrected chi connectivity index (χ4v) is 4.33. The zero-order valence-corrected chi connectivity index (χ0v) is 17.4. The van der Waals surface area contributed by atoms with E-state index in [2.05, 4.69) is 17.3 Å². The maximum Gasteiger partial charge on any atom is 0.416 e. The summed E-state index contributed by atoms with van der Waals surface area (Å²) in [6.45, 7) is -0.166. The van der Waals surface area contributed by atoms with Crippen LogP contribution in [0.15, 0.2) is 18.2 Å². The molecule has 32 heavy (non-hydrogen) atoms. The van der Waals surface area contributed by atoms with Crippen molar-refractivity contribution in [1.29, 1.82) is 10.5 Å². The van der Waals surface area contributed by atoms with Crippen LogP contribution in [0.3, 0.4) is 0 Å². The van der Waals surface area contributed by atoms with Gasteiger partial charge in [0.2, 0.25) is 5.91 Å². The Hall–Kier alpha value is -3.22. The monoisotopic (exact) mass is 444 g/mol. The van der Waals surface area contributed by atoms with Gasteiger partial charge in [0, 0.05) is 12.8 Å². The van der Waals surface area contributed by atoms with E-state index in [4.69, 9.17) is 16.4 Å². The Bertz CT molecular complexity index is 959. The molecule has 1 N–H and O–H groups in total. The van der Waals surface area contributed by atoms with Gasteiger partial charge in [0.15, 0.2) is 5.72 Å². The lowest BCUT2D eigenvalue weighted by molar-refractivity contribution is -0.137. The lowest BCUT2D eigenvalue weighted by atomic mass is 9.91. The Balaban J connectivity index is 1.81. The van der Waals surface area contributed by atoms with Crippen LogP contribution in [0.1, 0.15) is 56.1 Å². The van der Waals surface area contributed by atoms with Gasteiger partial charge >= 0.3 is 6.18 Å². The van der Waals surface area contributed by atoms with E-state index >= 15 is 0 Å². The fraction of sp³-hybridized carbons (Fsp3) is 0.522. The molecule has 1 aromatic rings. The van der Waals surface area contributed by atoms with Crippen LogP contribution < -0.4 is 10.1 Å². The van der Waals surface area contributed by atoms with Crippen molar-refractivity contribution >= 4 is 5.91 Å². The van der Waals surface area contributed by atoms with Gasteiger partial charge in [0.05, 0.1) is 35.9 Å². The van der Waals surface area contributed by atoms with Crippen LogP contribution in [0.2, 0.25) is 0 Å². The predicted molar refractivity (Wildman–Crippen MR) is 109 cm³/mol. The van der Waals surface area contributed by atoms with Gasteiger partial charge in [-0.15, -0.1) is 6.42 Å². The van der Waals surface area contributed by atoms with E-state index in [0.29, 0.717) is 25.7 Å². The number of likely N-dealkylation sites (tertiary alicyclic amines) is 1. The first-order chi connectivity index (χ1) is 15.2. The van der Waals surface area contributed by atoms with Crippen LogP contribution in [0.25, 0.3) is 0 Å². The quantitative estimate of drug-likeness (QED) is 0.552. The van der Waals surface area contributed by atoms with Crippen molar-refractivity contribution in [2.45, 2.75) is 68.9 Å². The number of terminal acetylenes is 1. The topological polar surface area (TPSA) is 89.2 Å². The molecule has 6 nitrogen and oxygen atoms in total. The molecule has 1 aromatic carbocycles. The third-order valence-electron chi connectivity index (χ3n) is 5.91. The van der Waals surface area contributed by atoms with E-state index in [1.807, 2.05) is 0 Å². The van der Waals surface area contributed by atoms with E-state index < -0.39 is 29.5 Å². The Labute approximate surface area is 184 Å². The van der Waals surface area contributed by atoms with Crippen LogP contribution in [0, 0.1) is 35.0 Å². The minimum Gasteiger partial charge on any atom is -0.473 e. The summed E-state index contributed by atoms with van der Waals surface area (Å²) in [5.41, 5.74) is -2.19. The maximum absolute atomic E-state index is 13.3. The number of carbonyl (C=O) groups is 1. The summed E-state index contributed by atoms with van der Waals surface area (Å²) >= 11 is 0. The number of alkyl halides is 3. The summed E-state index contributed by atoms with van der Waals surface area (Å²) in [5, 5.41) is 21.6. The van der Waals surface area contributed by atoms with E-state index in [1.54, 1.807) is 6.07 Å². The van der Waals surface area contributed by atoms with Crippen LogP contribution in [0.5, 0.6) is 5.75 Å². The van der Waals surface area contributed by atoms with Crippen molar-refractivity contribution < 1.29 is 22.7 Å². The second-order valence-corrected chi connectivity index (χ2v) is 8.07. The molecule has 1 aliphatic carbocycles. The lowest BCUT2D eigenvalue weighted by Gasteiger charge is -2.39. The molecular weight excluding hydrogens is 421 g/mol. The highest BCUT2D eigenvalue weighted by atomic mass is 19.4. The first-order valence-electron chi connectivity index (χ1n) is 10.4. The van der Waals surface area contributed by atoms with Gasteiger partial charge in [0.1, 0.15) is 11.8 Å². The number of ether oxygens (including phenoxy) is 1. The molecule has 0 bridgehead atoms. The highest BCUT2D eigenvalue weighted by molar-refractivity contribution is 5.80. The molecule has 2 atom stereocenters. The molecule has 1 aliphatic heterocycles. The molecule has 168 valence electrons. The van der Waals surface area contributed by atoms with Gasteiger partial charge in [-0.05, 0) is 43.9 Å². The molecule has 0 spiro atoms. The number of nitriles is 2. The van der Waals surface area contributed by atoms with Gasteiger partial charge in [-0.3, -0.25) is 10.1 Å². The standard InChI is InChI=1S/C23H23F3N4O2/c1-2-18-6-7-19(14-28)30(18)21(31)15-29-22(8-4-3-5-9-22)32-20-11-16(13-27)10-17(12-20)23(24,25)26/h1,10-12,18-19,29H,3-9,15H2/t18-,19-/m0/s1. The minimum atomic E-state index is -4.62. The van der Waals surface area contributed by atoms with Crippen molar-refractivity contribution in [3.05, 3.63) is 29.3 Å². The number of nitrogens with one attached hydrogen (secondary N) is 1. The van der Waals surface area contributed by atoms with Gasteiger partial charge in [0.25, 0.3) is 0 Å². The Morgan fingerprint density at radius 3 is 2.47 bits per heavy atom. The summed E-state index contributed by atoms with van der Waals surface area (Å²) < 4.78 is 45.8. The van der Waals surface area contributed by atoms with Gasteiger partial charge in [-0.2, -0.15) is 23.7 Å². The molecule has 2 fully saturated rings. The van der Waals surface area contributed by atoms with E-state index in [0.717, 1.165) is 31.4 Å². The number of carbonyl (C=O) groups excluding carboxylic acids is 1. The summed E-state index contributed by atoms with van der Waals surface area (Å²) in [6, 6.07) is 5.65. The highest BCUT2D eigenvalue weighted by Gasteiger charge is 2.39. The highest BCUT2D eigenvalue weighted by Crippen LogP contribution is 2.36. The molecule has 1 saturated carbocycles. The van der Waals surface area contributed by atoms with E-state index in [-0.39, 0.29) is 23.8 Å². The normalized spacial score (nSPS) is 22.4. The van der Waals surface area contributed by atoms with Crippen LogP contribution >= 0.6 is 0 Å². The Morgan fingerprint density at radius 1 is 1.19 bits per heavy atom. The largest absolute Gasteiger partial charge is 0.473 e. The number of amides is 1. The minimum absolute atomic E-state index is 0.0872. The predicted octanol–water partition coefficient (Wildman–Crippen LogP) is 3.72. The van der Waals surface area contributed by atoms with Crippen molar-refractivity contribution in [1.82, 2.24) is 10.2 Å². The first-order valence-corrected chi connectivity index (χ1v) is 10.4. The number of benzene rings is 1. The summed E-state index contributed by atoms with van der Waals surface area (Å²) in [4.78, 5) is 14.3. The zero-order chi connectivity index (χ0) is 23.4. The molecule has 0 aromatic heterocycles. The smallest absolute Gasteiger partial charge is 0.416 e. The third kappa shape index (κ3) is 5.15. The number of hydrogen-bond donors (Lipinski definition) is 1. The average Bonchev–Trinajstić information content (AvgIpc) is 3.20. The van der Waals surface area contributed by atoms with Crippen molar-refractivity contribution in [3.63, 3.8) is 0 Å².